The predicted molar refractivity (Wildman–Crippen MR) is 209 cm³/mol. The van der Waals surface area contributed by atoms with Crippen LogP contribution in [0, 0.1) is 6.92 Å². The molecule has 0 saturated carbocycles. The van der Waals surface area contributed by atoms with Gasteiger partial charge in [0.2, 0.25) is 0 Å². The van der Waals surface area contributed by atoms with E-state index in [0.29, 0.717) is 0 Å². The summed E-state index contributed by atoms with van der Waals surface area (Å²) < 4.78 is 6.86. The SMILES string of the molecule is Cc1cc2ccccc2ccc2cccc(N(c3ccc(-c4ccccc4)cc3)c3cc4c5ccccc5ccc4c4ccccc34)c2o1. The maximum absolute atomic E-state index is 6.86. The second kappa shape index (κ2) is 12.0. The van der Waals surface area contributed by atoms with E-state index < -0.39 is 0 Å². The van der Waals surface area contributed by atoms with Crippen molar-refractivity contribution >= 4 is 71.1 Å². The summed E-state index contributed by atoms with van der Waals surface area (Å²) in [5, 5.41) is 10.6. The average Bonchev–Trinajstić information content (AvgIpc) is 3.23. The Hall–Kier alpha value is -6.38. The summed E-state index contributed by atoms with van der Waals surface area (Å²) in [6.07, 6.45) is 0. The van der Waals surface area contributed by atoms with Crippen LogP contribution in [0.4, 0.5) is 17.1 Å². The first-order chi connectivity index (χ1) is 24.2. The molecule has 0 aliphatic carbocycles. The molecule has 0 amide bonds. The van der Waals surface area contributed by atoms with E-state index in [9.17, 15) is 0 Å². The zero-order chi connectivity index (χ0) is 32.7. The molecule has 9 rings (SSSR count). The maximum Gasteiger partial charge on any atom is 0.158 e. The van der Waals surface area contributed by atoms with Crippen molar-refractivity contribution in [1.82, 2.24) is 0 Å². The Balaban J connectivity index is 1.39. The van der Waals surface area contributed by atoms with Gasteiger partial charge in [-0.2, -0.15) is 0 Å². The van der Waals surface area contributed by atoms with Gasteiger partial charge < -0.3 is 9.32 Å². The van der Waals surface area contributed by atoms with Gasteiger partial charge in [-0.3, -0.25) is 0 Å². The molecule has 0 saturated heterocycles. The topological polar surface area (TPSA) is 16.4 Å². The van der Waals surface area contributed by atoms with Crippen molar-refractivity contribution in [3.8, 4) is 11.1 Å². The number of benzene rings is 8. The standard InChI is InChI=1S/C47H33NO/c1-32-30-38-16-6-5-14-34(38)22-23-37-17-11-21-45(47(37)49-32)48(39-27-24-35(25-28-39)33-12-3-2-4-13-33)46-31-44-40-18-8-7-15-36(40)26-29-42(44)41-19-9-10-20-43(41)46/h2-31H,1H3. The molecule has 0 atom stereocenters. The molecule has 2 heteroatoms. The first-order valence-corrected chi connectivity index (χ1v) is 16.8. The number of aryl methyl sites for hydroxylation is 1. The van der Waals surface area contributed by atoms with Crippen LogP contribution in [-0.4, -0.2) is 0 Å². The highest BCUT2D eigenvalue weighted by Gasteiger charge is 2.21. The third-order valence-corrected chi connectivity index (χ3v) is 9.54. The number of nitrogens with zero attached hydrogens (tertiary/aromatic N) is 1. The lowest BCUT2D eigenvalue weighted by Gasteiger charge is -2.28. The summed E-state index contributed by atoms with van der Waals surface area (Å²) in [7, 11) is 0. The maximum atomic E-state index is 6.86. The van der Waals surface area contributed by atoms with Gasteiger partial charge in [0.15, 0.2) is 5.58 Å². The summed E-state index contributed by atoms with van der Waals surface area (Å²) in [4.78, 5) is 2.38. The van der Waals surface area contributed by atoms with Gasteiger partial charge in [-0.25, -0.2) is 0 Å². The first-order valence-electron chi connectivity index (χ1n) is 16.8. The van der Waals surface area contributed by atoms with Crippen LogP contribution in [0.25, 0.3) is 65.2 Å². The molecular weight excluding hydrogens is 595 g/mol. The Labute approximate surface area is 285 Å². The van der Waals surface area contributed by atoms with Crippen LogP contribution < -0.4 is 4.90 Å². The van der Waals surface area contributed by atoms with Crippen LogP contribution in [0.3, 0.4) is 0 Å². The largest absolute Gasteiger partial charge is 0.459 e. The molecule has 0 N–H and O–H groups in total. The zero-order valence-corrected chi connectivity index (χ0v) is 27.2. The van der Waals surface area contributed by atoms with Gasteiger partial charge in [-0.05, 0) is 86.1 Å². The number of anilines is 3. The van der Waals surface area contributed by atoms with Crippen molar-refractivity contribution in [2.24, 2.45) is 0 Å². The van der Waals surface area contributed by atoms with Crippen molar-refractivity contribution in [3.63, 3.8) is 0 Å². The van der Waals surface area contributed by atoms with Crippen molar-refractivity contribution in [2.45, 2.75) is 6.92 Å². The molecule has 0 aliphatic heterocycles. The van der Waals surface area contributed by atoms with Crippen molar-refractivity contribution < 1.29 is 4.42 Å². The van der Waals surface area contributed by atoms with Gasteiger partial charge in [0.1, 0.15) is 5.76 Å². The lowest BCUT2D eigenvalue weighted by Crippen LogP contribution is -2.11. The fourth-order valence-electron chi connectivity index (χ4n) is 7.21. The van der Waals surface area contributed by atoms with E-state index in [-0.39, 0.29) is 0 Å². The Kier molecular flexibility index (Phi) is 7.06. The van der Waals surface area contributed by atoms with Gasteiger partial charge in [0.25, 0.3) is 0 Å². The first kappa shape index (κ1) is 28.8. The fraction of sp³-hybridized carbons (Fsp3) is 0.0213. The van der Waals surface area contributed by atoms with Crippen molar-refractivity contribution in [3.05, 3.63) is 188 Å². The monoisotopic (exact) mass is 627 g/mol. The molecule has 0 radical (unpaired) electrons. The van der Waals surface area contributed by atoms with Crippen LogP contribution in [-0.2, 0) is 0 Å². The minimum Gasteiger partial charge on any atom is -0.459 e. The Morgan fingerprint density at radius 2 is 0.959 bits per heavy atom. The predicted octanol–water partition coefficient (Wildman–Crippen LogP) is 13.6. The second-order valence-corrected chi connectivity index (χ2v) is 12.6. The highest BCUT2D eigenvalue weighted by molar-refractivity contribution is 6.21. The number of fused-ring (bicyclic) bond motifs is 7. The van der Waals surface area contributed by atoms with Crippen LogP contribution in [0.2, 0.25) is 0 Å². The molecule has 49 heavy (non-hydrogen) atoms. The van der Waals surface area contributed by atoms with Gasteiger partial charge >= 0.3 is 0 Å². The van der Waals surface area contributed by atoms with E-state index in [0.717, 1.165) is 44.6 Å². The normalized spacial score (nSPS) is 11.4. The summed E-state index contributed by atoms with van der Waals surface area (Å²) in [6, 6.07) is 65.1. The number of para-hydroxylation sites is 1. The molecule has 0 bridgehead atoms. The molecule has 8 aromatic carbocycles. The lowest BCUT2D eigenvalue weighted by molar-refractivity contribution is 0.570. The molecule has 9 aromatic rings. The molecule has 0 spiro atoms. The van der Waals surface area contributed by atoms with Crippen LogP contribution in [0.1, 0.15) is 5.76 Å². The smallest absolute Gasteiger partial charge is 0.158 e. The zero-order valence-electron chi connectivity index (χ0n) is 27.2. The van der Waals surface area contributed by atoms with E-state index in [2.05, 4.69) is 187 Å². The van der Waals surface area contributed by atoms with Crippen LogP contribution >= 0.6 is 0 Å². The van der Waals surface area contributed by atoms with E-state index >= 15 is 0 Å². The molecule has 0 fully saturated rings. The van der Waals surface area contributed by atoms with Crippen LogP contribution in [0.15, 0.2) is 186 Å². The van der Waals surface area contributed by atoms with Crippen molar-refractivity contribution in [1.29, 1.82) is 0 Å². The highest BCUT2D eigenvalue weighted by Crippen LogP contribution is 2.45. The molecule has 1 heterocycles. The third kappa shape index (κ3) is 5.15. The lowest BCUT2D eigenvalue weighted by atomic mass is 9.95. The Morgan fingerprint density at radius 1 is 0.367 bits per heavy atom. The second-order valence-electron chi connectivity index (χ2n) is 12.6. The van der Waals surface area contributed by atoms with Gasteiger partial charge in [-0.15, -0.1) is 0 Å². The molecule has 1 aromatic heterocycles. The molecule has 2 nitrogen and oxygen atoms in total. The molecule has 0 unspecified atom stereocenters. The molecule has 232 valence electrons. The van der Waals surface area contributed by atoms with E-state index in [1.54, 1.807) is 0 Å². The fourth-order valence-corrected chi connectivity index (χ4v) is 7.21. The third-order valence-electron chi connectivity index (χ3n) is 9.54. The number of hydrogen-bond acceptors (Lipinski definition) is 2. The minimum atomic E-state index is 0.814. The quantitative estimate of drug-likeness (QED) is 0.181. The summed E-state index contributed by atoms with van der Waals surface area (Å²) in [5.41, 5.74) is 6.30. The Bertz CT molecular complexity index is 2720. The number of rotatable bonds is 4. The van der Waals surface area contributed by atoms with Gasteiger partial charge in [0, 0.05) is 16.5 Å². The van der Waals surface area contributed by atoms with Gasteiger partial charge in [-0.1, -0.05) is 152 Å². The van der Waals surface area contributed by atoms with Crippen LogP contribution in [0.5, 0.6) is 0 Å². The summed E-state index contributed by atoms with van der Waals surface area (Å²) in [5.74, 6) is 0.832. The summed E-state index contributed by atoms with van der Waals surface area (Å²) in [6.45, 7) is 2.04. The number of hydrogen-bond donors (Lipinski definition) is 0. The molecule has 0 aliphatic rings. The average molecular weight is 628 g/mol. The minimum absolute atomic E-state index is 0.814. The summed E-state index contributed by atoms with van der Waals surface area (Å²) >= 11 is 0. The Morgan fingerprint density at radius 3 is 1.78 bits per heavy atom. The van der Waals surface area contributed by atoms with E-state index in [1.807, 2.05) is 6.92 Å². The van der Waals surface area contributed by atoms with Crippen molar-refractivity contribution in [2.75, 3.05) is 4.90 Å². The van der Waals surface area contributed by atoms with E-state index in [4.69, 9.17) is 4.42 Å². The van der Waals surface area contributed by atoms with E-state index in [1.165, 1.54) is 43.4 Å². The van der Waals surface area contributed by atoms with Gasteiger partial charge in [0.05, 0.1) is 11.4 Å². The highest BCUT2D eigenvalue weighted by atomic mass is 16.3. The molecular formula is C47H33NO.